The van der Waals surface area contributed by atoms with Crippen LogP contribution in [-0.2, 0) is 4.79 Å². The summed E-state index contributed by atoms with van der Waals surface area (Å²) in [5.74, 6) is 0.284. The first kappa shape index (κ1) is 12.6. The van der Waals surface area contributed by atoms with Gasteiger partial charge in [0, 0.05) is 0 Å². The van der Waals surface area contributed by atoms with Gasteiger partial charge in [0.05, 0.1) is 6.54 Å². The summed E-state index contributed by atoms with van der Waals surface area (Å²) in [5.41, 5.74) is 0. The number of rotatable bonds is 8. The topological polar surface area (TPSA) is 20.3 Å². The van der Waals surface area contributed by atoms with Gasteiger partial charge in [0.2, 0.25) is 0 Å². The summed E-state index contributed by atoms with van der Waals surface area (Å²) in [6.07, 6.45) is 4.83. The first-order valence-corrected chi connectivity index (χ1v) is 5.42. The van der Waals surface area contributed by atoms with Gasteiger partial charge in [0.1, 0.15) is 5.78 Å². The number of nitrogens with zero attached hydrogens (tertiary/aromatic N) is 1. The highest BCUT2D eigenvalue weighted by Gasteiger charge is 2.05. The Balaban J connectivity index is 3.66. The van der Waals surface area contributed by atoms with Gasteiger partial charge in [-0.1, -0.05) is 26.7 Å². The molecule has 0 spiro atoms. The molecule has 0 rings (SSSR count). The molecule has 13 heavy (non-hydrogen) atoms. The minimum absolute atomic E-state index is 0.284. The van der Waals surface area contributed by atoms with Crippen LogP contribution in [0.25, 0.3) is 0 Å². The lowest BCUT2D eigenvalue weighted by molar-refractivity contribution is -0.118. The smallest absolute Gasteiger partial charge is 0.143 e. The summed E-state index contributed by atoms with van der Waals surface area (Å²) in [4.78, 5) is 13.2. The lowest BCUT2D eigenvalue weighted by Crippen LogP contribution is -2.30. The normalized spacial score (nSPS) is 10.8. The van der Waals surface area contributed by atoms with Crippen molar-refractivity contribution in [3.05, 3.63) is 0 Å². The highest BCUT2D eigenvalue weighted by molar-refractivity contribution is 5.77. The number of ketones is 1. The molecule has 0 aromatic rings. The molecule has 0 radical (unpaired) electrons. The summed E-state index contributed by atoms with van der Waals surface area (Å²) in [7, 11) is 0. The molecule has 0 amide bonds. The van der Waals surface area contributed by atoms with Crippen molar-refractivity contribution in [2.75, 3.05) is 19.6 Å². The van der Waals surface area contributed by atoms with Gasteiger partial charge >= 0.3 is 0 Å². The van der Waals surface area contributed by atoms with Crippen LogP contribution < -0.4 is 0 Å². The Kier molecular flexibility index (Phi) is 8.00. The van der Waals surface area contributed by atoms with Crippen LogP contribution in [0.15, 0.2) is 0 Å². The second-order valence-corrected chi connectivity index (χ2v) is 3.69. The fourth-order valence-electron chi connectivity index (χ4n) is 1.35. The van der Waals surface area contributed by atoms with Crippen LogP contribution in [0.5, 0.6) is 0 Å². The third-order valence-electron chi connectivity index (χ3n) is 2.10. The monoisotopic (exact) mass is 185 g/mol. The predicted molar refractivity (Wildman–Crippen MR) is 56.9 cm³/mol. The first-order chi connectivity index (χ1) is 6.20. The first-order valence-electron chi connectivity index (χ1n) is 5.42. The van der Waals surface area contributed by atoms with Crippen LogP contribution in [0, 0.1) is 0 Å². The van der Waals surface area contributed by atoms with E-state index in [9.17, 15) is 4.79 Å². The molecule has 0 unspecified atom stereocenters. The van der Waals surface area contributed by atoms with Crippen molar-refractivity contribution in [3.63, 3.8) is 0 Å². The Morgan fingerprint density at radius 2 is 1.54 bits per heavy atom. The summed E-state index contributed by atoms with van der Waals surface area (Å²) >= 11 is 0. The van der Waals surface area contributed by atoms with E-state index in [1.165, 1.54) is 25.7 Å². The average molecular weight is 185 g/mol. The van der Waals surface area contributed by atoms with Gasteiger partial charge in [-0.15, -0.1) is 0 Å². The Hall–Kier alpha value is -0.370. The Morgan fingerprint density at radius 3 is 1.85 bits per heavy atom. The van der Waals surface area contributed by atoms with Gasteiger partial charge in [0.15, 0.2) is 0 Å². The van der Waals surface area contributed by atoms with Crippen molar-refractivity contribution in [3.8, 4) is 0 Å². The molecule has 0 atom stereocenters. The second kappa shape index (κ2) is 8.24. The zero-order valence-corrected chi connectivity index (χ0v) is 9.31. The maximum Gasteiger partial charge on any atom is 0.143 e. The maximum absolute atomic E-state index is 10.9. The van der Waals surface area contributed by atoms with E-state index in [0.717, 1.165) is 13.1 Å². The summed E-state index contributed by atoms with van der Waals surface area (Å²) in [6.45, 7) is 8.84. The minimum atomic E-state index is 0.284. The van der Waals surface area contributed by atoms with Crippen LogP contribution in [-0.4, -0.2) is 30.3 Å². The van der Waals surface area contributed by atoms with E-state index in [-0.39, 0.29) is 5.78 Å². The highest BCUT2D eigenvalue weighted by atomic mass is 16.1. The van der Waals surface area contributed by atoms with Crippen LogP contribution in [0.2, 0.25) is 0 Å². The van der Waals surface area contributed by atoms with Gasteiger partial charge in [-0.25, -0.2) is 0 Å². The molecule has 0 N–H and O–H groups in total. The van der Waals surface area contributed by atoms with E-state index < -0.39 is 0 Å². The lowest BCUT2D eigenvalue weighted by atomic mass is 10.2. The Labute approximate surface area is 82.3 Å². The number of hydrogen-bond acceptors (Lipinski definition) is 2. The lowest BCUT2D eigenvalue weighted by Gasteiger charge is -2.19. The van der Waals surface area contributed by atoms with E-state index in [2.05, 4.69) is 18.7 Å². The number of hydrogen-bond donors (Lipinski definition) is 0. The molecule has 0 fully saturated rings. The largest absolute Gasteiger partial charge is 0.299 e. The van der Waals surface area contributed by atoms with Gasteiger partial charge in [0.25, 0.3) is 0 Å². The van der Waals surface area contributed by atoms with Crippen molar-refractivity contribution in [1.29, 1.82) is 0 Å². The fourth-order valence-corrected chi connectivity index (χ4v) is 1.35. The van der Waals surface area contributed by atoms with Crippen LogP contribution >= 0.6 is 0 Å². The summed E-state index contributed by atoms with van der Waals surface area (Å²) in [5, 5.41) is 0. The molecule has 0 aliphatic rings. The summed E-state index contributed by atoms with van der Waals surface area (Å²) < 4.78 is 0. The fraction of sp³-hybridized carbons (Fsp3) is 0.909. The van der Waals surface area contributed by atoms with E-state index in [1.807, 2.05) is 0 Å². The average Bonchev–Trinajstić information content (AvgIpc) is 2.09. The number of carbonyl (C=O) groups is 1. The number of Topliss-reactive ketones (excluding diaryl/α,β-unsaturated/α-hetero) is 1. The van der Waals surface area contributed by atoms with E-state index in [1.54, 1.807) is 6.92 Å². The molecule has 78 valence electrons. The third kappa shape index (κ3) is 7.97. The van der Waals surface area contributed by atoms with Gasteiger partial charge in [-0.05, 0) is 32.9 Å². The zero-order valence-electron chi connectivity index (χ0n) is 9.31. The molecule has 0 aliphatic heterocycles. The molecule has 0 aromatic carbocycles. The van der Waals surface area contributed by atoms with E-state index in [4.69, 9.17) is 0 Å². The maximum atomic E-state index is 10.9. The SMILES string of the molecule is CCCCN(CCCC)CC(C)=O. The van der Waals surface area contributed by atoms with Crippen LogP contribution in [0.1, 0.15) is 46.5 Å². The van der Waals surface area contributed by atoms with Crippen LogP contribution in [0.3, 0.4) is 0 Å². The van der Waals surface area contributed by atoms with Crippen LogP contribution in [0.4, 0.5) is 0 Å². The molecular formula is C11H23NO. The van der Waals surface area contributed by atoms with Gasteiger partial charge < -0.3 is 0 Å². The number of carbonyl (C=O) groups excluding carboxylic acids is 1. The van der Waals surface area contributed by atoms with Crippen molar-refractivity contribution in [2.45, 2.75) is 46.5 Å². The third-order valence-corrected chi connectivity index (χ3v) is 2.10. The van der Waals surface area contributed by atoms with E-state index >= 15 is 0 Å². The van der Waals surface area contributed by atoms with Gasteiger partial charge in [-0.2, -0.15) is 0 Å². The Morgan fingerprint density at radius 1 is 1.08 bits per heavy atom. The molecule has 0 saturated heterocycles. The highest BCUT2D eigenvalue weighted by Crippen LogP contribution is 1.98. The molecule has 2 nitrogen and oxygen atoms in total. The Bertz CT molecular complexity index is 126. The summed E-state index contributed by atoms with van der Waals surface area (Å²) in [6, 6.07) is 0. The standard InChI is InChI=1S/C11H23NO/c1-4-6-8-12(9-7-5-2)10-11(3)13/h4-10H2,1-3H3. The minimum Gasteiger partial charge on any atom is -0.299 e. The molecule has 0 saturated carbocycles. The van der Waals surface area contributed by atoms with Crippen molar-refractivity contribution in [1.82, 2.24) is 4.90 Å². The quantitative estimate of drug-likeness (QED) is 0.579. The molecule has 0 bridgehead atoms. The van der Waals surface area contributed by atoms with Crippen molar-refractivity contribution in [2.24, 2.45) is 0 Å². The molecular weight excluding hydrogens is 162 g/mol. The van der Waals surface area contributed by atoms with Crippen molar-refractivity contribution >= 4 is 5.78 Å². The van der Waals surface area contributed by atoms with Crippen molar-refractivity contribution < 1.29 is 4.79 Å². The van der Waals surface area contributed by atoms with Gasteiger partial charge in [-0.3, -0.25) is 9.69 Å². The predicted octanol–water partition coefficient (Wildman–Crippen LogP) is 2.48. The molecule has 2 heteroatoms. The second-order valence-electron chi connectivity index (χ2n) is 3.69. The molecule has 0 heterocycles. The van der Waals surface area contributed by atoms with E-state index in [0.29, 0.717) is 6.54 Å². The molecule has 0 aliphatic carbocycles. The molecule has 0 aromatic heterocycles. The zero-order chi connectivity index (χ0) is 10.1. The number of unbranched alkanes of at least 4 members (excludes halogenated alkanes) is 2.